The van der Waals surface area contributed by atoms with E-state index in [4.69, 9.17) is 11.6 Å². The van der Waals surface area contributed by atoms with Crippen LogP contribution in [0.25, 0.3) is 10.9 Å². The summed E-state index contributed by atoms with van der Waals surface area (Å²) in [6, 6.07) is 19.9. The smallest absolute Gasteiger partial charge is 0.187 e. The number of sulfone groups is 1. The third kappa shape index (κ3) is 3.15. The Kier molecular flexibility index (Phi) is 4.45. The zero-order valence-electron chi connectivity index (χ0n) is 15.5. The number of hydrogen-bond donors (Lipinski definition) is 1. The SMILES string of the molecule is O=S(=O)(c1ccccc1)C(c1ccccn1)[C@@H]1Cc2[nH]c3ccc(Cl)cc3c2C1. The number of hydrogen-bond acceptors (Lipinski definition) is 3. The van der Waals surface area contributed by atoms with Crippen molar-refractivity contribution in [2.45, 2.75) is 23.0 Å². The van der Waals surface area contributed by atoms with E-state index in [1.165, 1.54) is 0 Å². The first kappa shape index (κ1) is 18.4. The van der Waals surface area contributed by atoms with Crippen molar-refractivity contribution in [3.05, 3.63) is 94.9 Å². The molecule has 0 saturated heterocycles. The summed E-state index contributed by atoms with van der Waals surface area (Å²) in [7, 11) is -3.60. The Morgan fingerprint density at radius 2 is 1.79 bits per heavy atom. The molecule has 146 valence electrons. The van der Waals surface area contributed by atoms with Crippen molar-refractivity contribution in [2.75, 3.05) is 0 Å². The van der Waals surface area contributed by atoms with E-state index in [9.17, 15) is 8.42 Å². The zero-order valence-corrected chi connectivity index (χ0v) is 17.1. The minimum atomic E-state index is -3.60. The second-order valence-electron chi connectivity index (χ2n) is 7.47. The number of rotatable bonds is 4. The molecule has 2 atom stereocenters. The summed E-state index contributed by atoms with van der Waals surface area (Å²) in [5.41, 5.74) is 3.89. The second kappa shape index (κ2) is 7.01. The highest BCUT2D eigenvalue weighted by molar-refractivity contribution is 7.91. The highest BCUT2D eigenvalue weighted by Crippen LogP contribution is 2.44. The number of pyridine rings is 1. The van der Waals surface area contributed by atoms with Crippen molar-refractivity contribution in [1.29, 1.82) is 0 Å². The number of nitrogens with one attached hydrogen (secondary N) is 1. The first-order valence-electron chi connectivity index (χ1n) is 9.53. The van der Waals surface area contributed by atoms with Gasteiger partial charge in [0.2, 0.25) is 0 Å². The molecule has 0 bridgehead atoms. The van der Waals surface area contributed by atoms with Gasteiger partial charge in [-0.25, -0.2) is 8.42 Å². The highest BCUT2D eigenvalue weighted by atomic mass is 35.5. The van der Waals surface area contributed by atoms with Gasteiger partial charge in [0.05, 0.1) is 10.6 Å². The van der Waals surface area contributed by atoms with Crippen molar-refractivity contribution in [2.24, 2.45) is 5.92 Å². The van der Waals surface area contributed by atoms with Gasteiger partial charge in [-0.2, -0.15) is 0 Å². The van der Waals surface area contributed by atoms with E-state index in [2.05, 4.69) is 9.97 Å². The summed E-state index contributed by atoms with van der Waals surface area (Å²) in [5.74, 6) is -0.0975. The molecule has 1 N–H and O–H groups in total. The molecule has 2 aromatic heterocycles. The number of H-pyrrole nitrogens is 1. The lowest BCUT2D eigenvalue weighted by Gasteiger charge is -2.23. The number of benzene rings is 2. The van der Waals surface area contributed by atoms with Crippen LogP contribution in [0.15, 0.2) is 77.8 Å². The van der Waals surface area contributed by atoms with Gasteiger partial charge >= 0.3 is 0 Å². The van der Waals surface area contributed by atoms with Gasteiger partial charge < -0.3 is 4.98 Å². The number of nitrogens with zero attached hydrogens (tertiary/aromatic N) is 1. The Balaban J connectivity index is 1.60. The monoisotopic (exact) mass is 422 g/mol. The average Bonchev–Trinajstić information content (AvgIpc) is 3.27. The molecule has 6 heteroatoms. The van der Waals surface area contributed by atoms with Gasteiger partial charge in [-0.3, -0.25) is 4.98 Å². The van der Waals surface area contributed by atoms with Gasteiger partial charge in [-0.1, -0.05) is 35.9 Å². The standard InChI is InChI=1S/C23H19ClN2O2S/c24-16-9-10-20-19(14-16)18-12-15(13-22(18)26-20)23(21-8-4-5-11-25-21)29(27,28)17-6-2-1-3-7-17/h1-11,14-15,23,26H,12-13H2/t15-,23?/m0/s1. The van der Waals surface area contributed by atoms with Gasteiger partial charge in [0.1, 0.15) is 5.25 Å². The Labute approximate surface area is 174 Å². The Morgan fingerprint density at radius 3 is 2.55 bits per heavy atom. The van der Waals surface area contributed by atoms with Gasteiger partial charge in [-0.15, -0.1) is 0 Å². The lowest BCUT2D eigenvalue weighted by Crippen LogP contribution is -2.24. The van der Waals surface area contributed by atoms with Crippen LogP contribution in [0.5, 0.6) is 0 Å². The lowest BCUT2D eigenvalue weighted by molar-refractivity contribution is 0.493. The molecule has 29 heavy (non-hydrogen) atoms. The Morgan fingerprint density at radius 1 is 1.00 bits per heavy atom. The summed E-state index contributed by atoms with van der Waals surface area (Å²) >= 11 is 6.20. The predicted octanol–water partition coefficient (Wildman–Crippen LogP) is 5.15. The van der Waals surface area contributed by atoms with Crippen LogP contribution in [0.3, 0.4) is 0 Å². The van der Waals surface area contributed by atoms with Crippen molar-refractivity contribution >= 4 is 32.3 Å². The number of halogens is 1. The van der Waals surface area contributed by atoms with Crippen LogP contribution in [0.4, 0.5) is 0 Å². The van der Waals surface area contributed by atoms with Crippen LogP contribution in [0.1, 0.15) is 22.2 Å². The van der Waals surface area contributed by atoms with Gasteiger partial charge in [0.15, 0.2) is 9.84 Å². The van der Waals surface area contributed by atoms with Gasteiger partial charge in [0, 0.05) is 27.8 Å². The molecule has 4 aromatic rings. The van der Waals surface area contributed by atoms with Crippen molar-refractivity contribution in [3.63, 3.8) is 0 Å². The Hall–Kier alpha value is -2.63. The topological polar surface area (TPSA) is 62.8 Å². The fraction of sp³-hybridized carbons (Fsp3) is 0.174. The number of aromatic amines is 1. The van der Waals surface area contributed by atoms with E-state index in [1.807, 2.05) is 42.5 Å². The second-order valence-corrected chi connectivity index (χ2v) is 9.98. The molecule has 4 nitrogen and oxygen atoms in total. The van der Waals surface area contributed by atoms with Crippen LogP contribution in [0.2, 0.25) is 5.02 Å². The maximum atomic E-state index is 13.6. The first-order valence-corrected chi connectivity index (χ1v) is 11.5. The van der Waals surface area contributed by atoms with Crippen LogP contribution in [0, 0.1) is 5.92 Å². The fourth-order valence-corrected chi connectivity index (χ4v) is 6.61. The van der Waals surface area contributed by atoms with E-state index < -0.39 is 15.1 Å². The van der Waals surface area contributed by atoms with Crippen LogP contribution in [-0.2, 0) is 22.7 Å². The Bertz CT molecular complexity index is 1280. The molecule has 0 aliphatic heterocycles. The molecular weight excluding hydrogens is 404 g/mol. The summed E-state index contributed by atoms with van der Waals surface area (Å²) in [6.45, 7) is 0. The molecule has 1 aliphatic rings. The number of fused-ring (bicyclic) bond motifs is 3. The maximum absolute atomic E-state index is 13.6. The molecule has 1 unspecified atom stereocenters. The zero-order chi connectivity index (χ0) is 20.0. The quantitative estimate of drug-likeness (QED) is 0.495. The first-order chi connectivity index (χ1) is 14.0. The summed E-state index contributed by atoms with van der Waals surface area (Å²) in [4.78, 5) is 8.22. The third-order valence-corrected chi connectivity index (χ3v) is 8.16. The highest BCUT2D eigenvalue weighted by Gasteiger charge is 2.41. The normalized spacial score (nSPS) is 17.3. The van der Waals surface area contributed by atoms with Crippen LogP contribution < -0.4 is 0 Å². The third-order valence-electron chi connectivity index (χ3n) is 5.70. The summed E-state index contributed by atoms with van der Waals surface area (Å²) < 4.78 is 27.3. The minimum absolute atomic E-state index is 0.0975. The molecule has 0 radical (unpaired) electrons. The molecule has 5 rings (SSSR count). The van der Waals surface area contributed by atoms with E-state index in [0.717, 1.165) is 22.2 Å². The van der Waals surface area contributed by atoms with Gasteiger partial charge in [-0.05, 0) is 66.8 Å². The molecular formula is C23H19ClN2O2S. The average molecular weight is 423 g/mol. The molecule has 0 saturated carbocycles. The molecule has 2 aromatic carbocycles. The number of aromatic nitrogens is 2. The largest absolute Gasteiger partial charge is 0.358 e. The fourth-order valence-electron chi connectivity index (χ4n) is 4.45. The van der Waals surface area contributed by atoms with Crippen molar-refractivity contribution in [3.8, 4) is 0 Å². The predicted molar refractivity (Wildman–Crippen MR) is 115 cm³/mol. The summed E-state index contributed by atoms with van der Waals surface area (Å²) in [6.07, 6.45) is 2.99. The van der Waals surface area contributed by atoms with Crippen molar-refractivity contribution in [1.82, 2.24) is 9.97 Å². The van der Waals surface area contributed by atoms with Gasteiger partial charge in [0.25, 0.3) is 0 Å². The van der Waals surface area contributed by atoms with Crippen LogP contribution >= 0.6 is 11.6 Å². The molecule has 0 amide bonds. The van der Waals surface area contributed by atoms with E-state index in [0.29, 0.717) is 28.5 Å². The molecule has 1 aliphatic carbocycles. The van der Waals surface area contributed by atoms with Crippen LogP contribution in [-0.4, -0.2) is 18.4 Å². The van der Waals surface area contributed by atoms with E-state index >= 15 is 0 Å². The van der Waals surface area contributed by atoms with E-state index in [1.54, 1.807) is 30.5 Å². The summed E-state index contributed by atoms with van der Waals surface area (Å²) in [5, 5.41) is 1.05. The maximum Gasteiger partial charge on any atom is 0.187 e. The minimum Gasteiger partial charge on any atom is -0.358 e. The molecule has 2 heterocycles. The molecule has 0 spiro atoms. The molecule has 0 fully saturated rings. The van der Waals surface area contributed by atoms with E-state index in [-0.39, 0.29) is 5.92 Å². The van der Waals surface area contributed by atoms with Crippen molar-refractivity contribution < 1.29 is 8.42 Å². The lowest BCUT2D eigenvalue weighted by atomic mass is 9.98.